The SMILES string of the molecule is Clc1ccc(Cn2cc(/C=N\Nc3ccccc3)c3ccccc32)c(Cl)c1. The van der Waals surface area contributed by atoms with Crippen LogP contribution in [0.1, 0.15) is 11.1 Å². The molecule has 3 aromatic carbocycles. The van der Waals surface area contributed by atoms with Crippen molar-refractivity contribution in [1.82, 2.24) is 4.57 Å². The van der Waals surface area contributed by atoms with Gasteiger partial charge < -0.3 is 4.57 Å². The number of hydrazone groups is 1. The topological polar surface area (TPSA) is 29.3 Å². The zero-order chi connectivity index (χ0) is 18.6. The van der Waals surface area contributed by atoms with E-state index in [0.717, 1.165) is 27.7 Å². The number of para-hydroxylation sites is 2. The predicted octanol–water partition coefficient (Wildman–Crippen LogP) is 6.44. The van der Waals surface area contributed by atoms with Gasteiger partial charge in [-0.2, -0.15) is 5.10 Å². The van der Waals surface area contributed by atoms with E-state index in [-0.39, 0.29) is 0 Å². The summed E-state index contributed by atoms with van der Waals surface area (Å²) in [5.74, 6) is 0. The Balaban J connectivity index is 1.64. The third-order valence-corrected chi connectivity index (χ3v) is 4.93. The number of anilines is 1. The van der Waals surface area contributed by atoms with Crippen LogP contribution in [-0.4, -0.2) is 10.8 Å². The Kier molecular flexibility index (Phi) is 5.14. The molecular formula is C22H17Cl2N3. The van der Waals surface area contributed by atoms with E-state index in [2.05, 4.69) is 33.4 Å². The highest BCUT2D eigenvalue weighted by molar-refractivity contribution is 6.35. The van der Waals surface area contributed by atoms with Gasteiger partial charge in [-0.1, -0.05) is 65.7 Å². The lowest BCUT2D eigenvalue weighted by Gasteiger charge is -2.08. The van der Waals surface area contributed by atoms with Gasteiger partial charge in [0, 0.05) is 39.3 Å². The molecule has 0 fully saturated rings. The second kappa shape index (κ2) is 7.87. The van der Waals surface area contributed by atoms with Crippen molar-refractivity contribution in [3.63, 3.8) is 0 Å². The van der Waals surface area contributed by atoms with Crippen molar-refractivity contribution in [2.24, 2.45) is 5.10 Å². The third kappa shape index (κ3) is 4.00. The van der Waals surface area contributed by atoms with Crippen molar-refractivity contribution >= 4 is 46.0 Å². The highest BCUT2D eigenvalue weighted by Crippen LogP contribution is 2.25. The summed E-state index contributed by atoms with van der Waals surface area (Å²) in [4.78, 5) is 0. The Hall–Kier alpha value is -2.75. The molecule has 0 aliphatic heterocycles. The molecule has 0 amide bonds. The summed E-state index contributed by atoms with van der Waals surface area (Å²) in [6.45, 7) is 0.663. The van der Waals surface area contributed by atoms with Crippen LogP contribution in [0.15, 0.2) is 84.1 Å². The molecule has 27 heavy (non-hydrogen) atoms. The summed E-state index contributed by atoms with van der Waals surface area (Å²) in [5.41, 5.74) is 7.20. The first kappa shape index (κ1) is 17.7. The molecule has 0 atom stereocenters. The van der Waals surface area contributed by atoms with Gasteiger partial charge in [0.2, 0.25) is 0 Å². The zero-order valence-electron chi connectivity index (χ0n) is 14.4. The number of hydrogen-bond donors (Lipinski definition) is 1. The van der Waals surface area contributed by atoms with Crippen LogP contribution in [0.4, 0.5) is 5.69 Å². The molecule has 0 bridgehead atoms. The zero-order valence-corrected chi connectivity index (χ0v) is 16.0. The van der Waals surface area contributed by atoms with Gasteiger partial charge in [0.25, 0.3) is 0 Å². The Morgan fingerprint density at radius 2 is 1.70 bits per heavy atom. The maximum absolute atomic E-state index is 6.35. The third-order valence-electron chi connectivity index (χ3n) is 4.35. The number of nitrogens with one attached hydrogen (secondary N) is 1. The van der Waals surface area contributed by atoms with Crippen LogP contribution in [0.3, 0.4) is 0 Å². The number of nitrogens with zero attached hydrogens (tertiary/aromatic N) is 2. The average Bonchev–Trinajstić information content (AvgIpc) is 3.03. The Bertz CT molecular complexity index is 1100. The molecule has 3 nitrogen and oxygen atoms in total. The maximum Gasteiger partial charge on any atom is 0.0566 e. The van der Waals surface area contributed by atoms with Crippen LogP contribution in [-0.2, 0) is 6.54 Å². The van der Waals surface area contributed by atoms with E-state index >= 15 is 0 Å². The normalized spacial score (nSPS) is 11.3. The molecule has 134 valence electrons. The number of fused-ring (bicyclic) bond motifs is 1. The van der Waals surface area contributed by atoms with E-state index in [9.17, 15) is 0 Å². The molecule has 1 N–H and O–H groups in total. The number of halogens is 2. The first-order valence-corrected chi connectivity index (χ1v) is 9.32. The van der Waals surface area contributed by atoms with Crippen molar-refractivity contribution in [3.8, 4) is 0 Å². The van der Waals surface area contributed by atoms with Crippen molar-refractivity contribution in [3.05, 3.63) is 100 Å². The van der Waals surface area contributed by atoms with Crippen molar-refractivity contribution in [2.75, 3.05) is 5.43 Å². The minimum Gasteiger partial charge on any atom is -0.342 e. The highest BCUT2D eigenvalue weighted by atomic mass is 35.5. The minimum atomic E-state index is 0.640. The molecule has 0 radical (unpaired) electrons. The fourth-order valence-corrected chi connectivity index (χ4v) is 3.50. The number of hydrogen-bond acceptors (Lipinski definition) is 2. The van der Waals surface area contributed by atoms with Crippen LogP contribution < -0.4 is 5.43 Å². The standard InChI is InChI=1S/C22H17Cl2N3/c23-18-11-10-16(21(24)12-18)14-27-15-17(20-8-4-5-9-22(20)27)13-25-26-19-6-2-1-3-7-19/h1-13,15,26H,14H2/b25-13-. The summed E-state index contributed by atoms with van der Waals surface area (Å²) in [7, 11) is 0. The summed E-state index contributed by atoms with van der Waals surface area (Å²) in [6, 6.07) is 23.7. The lowest BCUT2D eigenvalue weighted by molar-refractivity contribution is 0.836. The number of rotatable bonds is 5. The van der Waals surface area contributed by atoms with E-state index in [1.165, 1.54) is 0 Å². The second-order valence-electron chi connectivity index (χ2n) is 6.20. The lowest BCUT2D eigenvalue weighted by Crippen LogP contribution is -1.98. The summed E-state index contributed by atoms with van der Waals surface area (Å²) in [6.07, 6.45) is 3.93. The van der Waals surface area contributed by atoms with Gasteiger partial charge in [0.15, 0.2) is 0 Å². The van der Waals surface area contributed by atoms with E-state index in [0.29, 0.717) is 16.6 Å². The van der Waals surface area contributed by atoms with Crippen LogP contribution >= 0.6 is 23.2 Å². The molecule has 0 unspecified atom stereocenters. The average molecular weight is 394 g/mol. The van der Waals surface area contributed by atoms with E-state index < -0.39 is 0 Å². The second-order valence-corrected chi connectivity index (χ2v) is 7.04. The van der Waals surface area contributed by atoms with E-state index in [1.54, 1.807) is 6.07 Å². The van der Waals surface area contributed by atoms with Crippen LogP contribution in [0.25, 0.3) is 10.9 Å². The van der Waals surface area contributed by atoms with E-state index in [1.807, 2.05) is 60.8 Å². The molecule has 0 saturated carbocycles. The fourth-order valence-electron chi connectivity index (χ4n) is 3.03. The first-order chi connectivity index (χ1) is 13.2. The molecule has 0 aliphatic rings. The highest BCUT2D eigenvalue weighted by Gasteiger charge is 2.09. The van der Waals surface area contributed by atoms with Gasteiger partial charge in [-0.25, -0.2) is 0 Å². The Morgan fingerprint density at radius 1 is 0.926 bits per heavy atom. The molecule has 4 aromatic rings. The maximum atomic E-state index is 6.35. The van der Waals surface area contributed by atoms with Gasteiger partial charge in [-0.3, -0.25) is 5.43 Å². The smallest absolute Gasteiger partial charge is 0.0566 e. The monoisotopic (exact) mass is 393 g/mol. The van der Waals surface area contributed by atoms with Crippen LogP contribution in [0.5, 0.6) is 0 Å². The molecule has 1 heterocycles. The Labute approximate surface area is 167 Å². The minimum absolute atomic E-state index is 0.640. The summed E-state index contributed by atoms with van der Waals surface area (Å²) >= 11 is 12.4. The molecule has 0 saturated heterocycles. The largest absolute Gasteiger partial charge is 0.342 e. The quantitative estimate of drug-likeness (QED) is 0.306. The van der Waals surface area contributed by atoms with Crippen LogP contribution in [0, 0.1) is 0 Å². The predicted molar refractivity (Wildman–Crippen MR) is 115 cm³/mol. The summed E-state index contributed by atoms with van der Waals surface area (Å²) in [5, 5.41) is 6.83. The van der Waals surface area contributed by atoms with Gasteiger partial charge in [0.1, 0.15) is 0 Å². The van der Waals surface area contributed by atoms with Crippen molar-refractivity contribution < 1.29 is 0 Å². The van der Waals surface area contributed by atoms with Gasteiger partial charge in [-0.15, -0.1) is 0 Å². The first-order valence-electron chi connectivity index (χ1n) is 8.56. The number of aromatic nitrogens is 1. The molecule has 4 rings (SSSR count). The molecule has 0 spiro atoms. The van der Waals surface area contributed by atoms with Crippen LogP contribution in [0.2, 0.25) is 10.0 Å². The van der Waals surface area contributed by atoms with Crippen molar-refractivity contribution in [1.29, 1.82) is 0 Å². The fraction of sp³-hybridized carbons (Fsp3) is 0.0455. The Morgan fingerprint density at radius 3 is 2.52 bits per heavy atom. The van der Waals surface area contributed by atoms with E-state index in [4.69, 9.17) is 23.2 Å². The van der Waals surface area contributed by atoms with Gasteiger partial charge in [-0.05, 0) is 35.9 Å². The van der Waals surface area contributed by atoms with Gasteiger partial charge in [0.05, 0.1) is 11.9 Å². The summed E-state index contributed by atoms with van der Waals surface area (Å²) < 4.78 is 2.17. The number of benzene rings is 3. The molecule has 1 aromatic heterocycles. The molecule has 0 aliphatic carbocycles. The lowest BCUT2D eigenvalue weighted by atomic mass is 10.2. The molecular weight excluding hydrogens is 377 g/mol. The molecule has 5 heteroatoms. The van der Waals surface area contributed by atoms with Crippen molar-refractivity contribution in [2.45, 2.75) is 6.54 Å². The van der Waals surface area contributed by atoms with Gasteiger partial charge >= 0.3 is 0 Å².